The molecule has 2 atom stereocenters. The standard InChI is InChI=1S/C28H33NO6/c1-21(15-22-11-13-25(14-12-22)35-20-28(31)32-2)29-17-24(30)19-34-27-10-6-9-26(16-27)33-18-23-7-4-3-5-8-23/h3-14,16,21,24,29-30H,15,17-20H2,1-2H3. The molecule has 3 aromatic carbocycles. The lowest BCUT2D eigenvalue weighted by Gasteiger charge is -2.18. The van der Waals surface area contributed by atoms with Crippen molar-refractivity contribution in [1.29, 1.82) is 0 Å². The van der Waals surface area contributed by atoms with Gasteiger partial charge < -0.3 is 29.4 Å². The molecule has 0 aromatic heterocycles. The molecule has 0 aliphatic rings. The average Bonchev–Trinajstić information content (AvgIpc) is 2.90. The molecule has 0 fully saturated rings. The third-order valence-electron chi connectivity index (χ3n) is 5.25. The summed E-state index contributed by atoms with van der Waals surface area (Å²) in [6.45, 7) is 3.01. The molecule has 0 spiro atoms. The Morgan fingerprint density at radius 2 is 1.57 bits per heavy atom. The topological polar surface area (TPSA) is 86.3 Å². The van der Waals surface area contributed by atoms with Gasteiger partial charge in [-0.1, -0.05) is 48.5 Å². The van der Waals surface area contributed by atoms with E-state index in [0.29, 0.717) is 30.4 Å². The van der Waals surface area contributed by atoms with Gasteiger partial charge in [-0.3, -0.25) is 0 Å². The van der Waals surface area contributed by atoms with Crippen LogP contribution in [0.3, 0.4) is 0 Å². The smallest absolute Gasteiger partial charge is 0.343 e. The van der Waals surface area contributed by atoms with Crippen LogP contribution in [0.15, 0.2) is 78.9 Å². The van der Waals surface area contributed by atoms with Crippen molar-refractivity contribution in [2.75, 3.05) is 26.9 Å². The highest BCUT2D eigenvalue weighted by atomic mass is 16.6. The molecule has 3 aromatic rings. The SMILES string of the molecule is COC(=O)COc1ccc(CC(C)NCC(O)COc2cccc(OCc3ccccc3)c2)cc1. The Morgan fingerprint density at radius 1 is 0.857 bits per heavy atom. The number of esters is 1. The van der Waals surface area contributed by atoms with Crippen molar-refractivity contribution in [3.05, 3.63) is 90.0 Å². The largest absolute Gasteiger partial charge is 0.491 e. The first-order chi connectivity index (χ1) is 17.0. The van der Waals surface area contributed by atoms with E-state index < -0.39 is 12.1 Å². The number of nitrogens with one attached hydrogen (secondary N) is 1. The van der Waals surface area contributed by atoms with Crippen molar-refractivity contribution in [2.24, 2.45) is 0 Å². The molecule has 0 radical (unpaired) electrons. The molecule has 3 rings (SSSR count). The quantitative estimate of drug-likeness (QED) is 0.340. The van der Waals surface area contributed by atoms with Gasteiger partial charge in [0.1, 0.15) is 36.6 Å². The van der Waals surface area contributed by atoms with Crippen LogP contribution in [0, 0.1) is 0 Å². The van der Waals surface area contributed by atoms with Crippen LogP contribution in [0.5, 0.6) is 17.2 Å². The fourth-order valence-corrected chi connectivity index (χ4v) is 3.33. The Bertz CT molecular complexity index is 1030. The van der Waals surface area contributed by atoms with Crippen LogP contribution in [0.2, 0.25) is 0 Å². The maximum absolute atomic E-state index is 11.2. The van der Waals surface area contributed by atoms with Crippen molar-refractivity contribution >= 4 is 5.97 Å². The van der Waals surface area contributed by atoms with Gasteiger partial charge in [0.15, 0.2) is 6.61 Å². The Morgan fingerprint density at radius 3 is 2.29 bits per heavy atom. The van der Waals surface area contributed by atoms with Gasteiger partial charge in [0.05, 0.1) is 7.11 Å². The Balaban J connectivity index is 1.35. The minimum absolute atomic E-state index is 0.112. The number of carbonyl (C=O) groups excluding carboxylic acids is 1. The number of benzene rings is 3. The van der Waals surface area contributed by atoms with Crippen LogP contribution in [0.1, 0.15) is 18.1 Å². The zero-order valence-electron chi connectivity index (χ0n) is 20.2. The second-order valence-electron chi connectivity index (χ2n) is 8.24. The predicted molar refractivity (Wildman–Crippen MR) is 134 cm³/mol. The van der Waals surface area contributed by atoms with E-state index >= 15 is 0 Å². The average molecular weight is 480 g/mol. The van der Waals surface area contributed by atoms with Crippen LogP contribution in [0.25, 0.3) is 0 Å². The molecule has 2 unspecified atom stereocenters. The number of hydrogen-bond donors (Lipinski definition) is 2. The van der Waals surface area contributed by atoms with E-state index in [0.717, 1.165) is 17.5 Å². The number of ether oxygens (including phenoxy) is 4. The maximum atomic E-state index is 11.2. The minimum atomic E-state index is -0.652. The van der Waals surface area contributed by atoms with Gasteiger partial charge in [0.25, 0.3) is 0 Å². The summed E-state index contributed by atoms with van der Waals surface area (Å²) in [7, 11) is 1.33. The number of aliphatic hydroxyl groups is 1. The van der Waals surface area contributed by atoms with Gasteiger partial charge in [-0.2, -0.15) is 0 Å². The summed E-state index contributed by atoms with van der Waals surface area (Å²) in [4.78, 5) is 11.2. The molecule has 35 heavy (non-hydrogen) atoms. The lowest BCUT2D eigenvalue weighted by atomic mass is 10.1. The van der Waals surface area contributed by atoms with Crippen molar-refractivity contribution in [1.82, 2.24) is 5.32 Å². The van der Waals surface area contributed by atoms with Gasteiger partial charge in [0, 0.05) is 18.7 Å². The number of hydrogen-bond acceptors (Lipinski definition) is 7. The molecular weight excluding hydrogens is 446 g/mol. The molecule has 0 saturated heterocycles. The number of carbonyl (C=O) groups is 1. The Hall–Kier alpha value is -3.55. The first kappa shape index (κ1) is 26.1. The van der Waals surface area contributed by atoms with Gasteiger partial charge in [-0.05, 0) is 48.7 Å². The van der Waals surface area contributed by atoms with E-state index in [4.69, 9.17) is 14.2 Å². The molecular formula is C28H33NO6. The van der Waals surface area contributed by atoms with E-state index in [9.17, 15) is 9.90 Å². The highest BCUT2D eigenvalue weighted by Crippen LogP contribution is 2.20. The summed E-state index contributed by atoms with van der Waals surface area (Å²) in [5, 5.41) is 13.7. The summed E-state index contributed by atoms with van der Waals surface area (Å²) >= 11 is 0. The van der Waals surface area contributed by atoms with Crippen molar-refractivity contribution in [3.8, 4) is 17.2 Å². The molecule has 2 N–H and O–H groups in total. The monoisotopic (exact) mass is 479 g/mol. The first-order valence-electron chi connectivity index (χ1n) is 11.6. The van der Waals surface area contributed by atoms with E-state index in [2.05, 4.69) is 17.0 Å². The van der Waals surface area contributed by atoms with Crippen LogP contribution < -0.4 is 19.5 Å². The first-order valence-corrected chi connectivity index (χ1v) is 11.6. The van der Waals surface area contributed by atoms with Crippen molar-refractivity contribution in [2.45, 2.75) is 32.1 Å². The number of methoxy groups -OCH3 is 1. The molecule has 0 aliphatic heterocycles. The summed E-state index contributed by atoms with van der Waals surface area (Å²) in [5.41, 5.74) is 2.21. The van der Waals surface area contributed by atoms with E-state index in [-0.39, 0.29) is 19.3 Å². The molecule has 7 nitrogen and oxygen atoms in total. The highest BCUT2D eigenvalue weighted by Gasteiger charge is 2.10. The van der Waals surface area contributed by atoms with Crippen LogP contribution >= 0.6 is 0 Å². The lowest BCUT2D eigenvalue weighted by Crippen LogP contribution is -2.37. The van der Waals surface area contributed by atoms with E-state index in [1.165, 1.54) is 7.11 Å². The van der Waals surface area contributed by atoms with Crippen LogP contribution in [0.4, 0.5) is 0 Å². The second kappa shape index (κ2) is 14.0. The molecule has 0 bridgehead atoms. The Kier molecular flexibility index (Phi) is 10.4. The zero-order chi connectivity index (χ0) is 24.9. The van der Waals surface area contributed by atoms with Gasteiger partial charge in [-0.15, -0.1) is 0 Å². The number of aliphatic hydroxyl groups excluding tert-OH is 1. The Labute approximate surface area is 206 Å². The van der Waals surface area contributed by atoms with E-state index in [1.807, 2.05) is 78.9 Å². The highest BCUT2D eigenvalue weighted by molar-refractivity contribution is 5.70. The van der Waals surface area contributed by atoms with Gasteiger partial charge >= 0.3 is 5.97 Å². The molecule has 0 amide bonds. The predicted octanol–water partition coefficient (Wildman–Crippen LogP) is 3.78. The third-order valence-corrected chi connectivity index (χ3v) is 5.25. The summed E-state index contributed by atoms with van der Waals surface area (Å²) in [6.07, 6.45) is 0.131. The molecule has 0 saturated carbocycles. The minimum Gasteiger partial charge on any atom is -0.491 e. The zero-order valence-corrected chi connectivity index (χ0v) is 20.2. The number of rotatable bonds is 14. The molecule has 0 heterocycles. The van der Waals surface area contributed by atoms with Crippen molar-refractivity contribution in [3.63, 3.8) is 0 Å². The molecule has 7 heteroatoms. The van der Waals surface area contributed by atoms with Crippen LogP contribution in [-0.2, 0) is 22.6 Å². The van der Waals surface area contributed by atoms with E-state index in [1.54, 1.807) is 0 Å². The molecule has 0 aliphatic carbocycles. The summed E-state index contributed by atoms with van der Waals surface area (Å²) < 4.78 is 21.5. The third kappa shape index (κ3) is 9.68. The van der Waals surface area contributed by atoms with Gasteiger partial charge in [-0.25, -0.2) is 4.79 Å². The second-order valence-corrected chi connectivity index (χ2v) is 8.24. The summed E-state index contributed by atoms with van der Waals surface area (Å²) in [5.74, 6) is 1.56. The van der Waals surface area contributed by atoms with Crippen LogP contribution in [-0.4, -0.2) is 50.1 Å². The van der Waals surface area contributed by atoms with Gasteiger partial charge in [0.2, 0.25) is 0 Å². The fraction of sp³-hybridized carbons (Fsp3) is 0.321. The summed E-state index contributed by atoms with van der Waals surface area (Å²) in [6, 6.07) is 25.1. The maximum Gasteiger partial charge on any atom is 0.343 e. The normalized spacial score (nSPS) is 12.4. The lowest BCUT2D eigenvalue weighted by molar-refractivity contribution is -0.142. The fourth-order valence-electron chi connectivity index (χ4n) is 3.33. The molecule has 186 valence electrons. The van der Waals surface area contributed by atoms with Crippen molar-refractivity contribution < 1.29 is 28.8 Å².